The molecule has 1 saturated heterocycles. The van der Waals surface area contributed by atoms with Gasteiger partial charge in [0.25, 0.3) is 0 Å². The first kappa shape index (κ1) is 19.0. The zero-order chi connectivity index (χ0) is 15.2. The van der Waals surface area contributed by atoms with Gasteiger partial charge in [0.05, 0.1) is 0 Å². The van der Waals surface area contributed by atoms with E-state index in [1.807, 2.05) is 0 Å². The molecule has 0 spiro atoms. The lowest BCUT2D eigenvalue weighted by molar-refractivity contribution is 0.281. The van der Waals surface area contributed by atoms with E-state index in [-0.39, 0.29) is 0 Å². The summed E-state index contributed by atoms with van der Waals surface area (Å²) in [4.78, 5) is 2.70. The zero-order valence-electron chi connectivity index (χ0n) is 15.0. The molecule has 1 heterocycles. The van der Waals surface area contributed by atoms with Crippen LogP contribution in [0.15, 0.2) is 0 Å². The van der Waals surface area contributed by atoms with Gasteiger partial charge in [-0.1, -0.05) is 84.5 Å². The summed E-state index contributed by atoms with van der Waals surface area (Å²) >= 11 is 0. The molecule has 1 aliphatic heterocycles. The molecule has 126 valence electrons. The molecule has 0 aromatic carbocycles. The van der Waals surface area contributed by atoms with Crippen LogP contribution in [0.2, 0.25) is 0 Å². The predicted molar refractivity (Wildman–Crippen MR) is 95.9 cm³/mol. The second-order valence-electron chi connectivity index (χ2n) is 7.26. The van der Waals surface area contributed by atoms with Crippen LogP contribution in [-0.4, -0.2) is 24.5 Å². The van der Waals surface area contributed by atoms with Crippen LogP contribution >= 0.6 is 0 Å². The summed E-state index contributed by atoms with van der Waals surface area (Å²) in [5, 5.41) is 0. The van der Waals surface area contributed by atoms with Gasteiger partial charge in [-0.15, -0.1) is 0 Å². The molecule has 0 saturated carbocycles. The normalized spacial score (nSPS) is 17.4. The van der Waals surface area contributed by atoms with Gasteiger partial charge in [-0.2, -0.15) is 0 Å². The first-order valence-corrected chi connectivity index (χ1v) is 10.1. The topological polar surface area (TPSA) is 3.24 Å². The van der Waals surface area contributed by atoms with Gasteiger partial charge < -0.3 is 4.90 Å². The Hall–Kier alpha value is -0.0400. The summed E-state index contributed by atoms with van der Waals surface area (Å²) in [5.74, 6) is 1.02. The third-order valence-corrected chi connectivity index (χ3v) is 5.23. The molecule has 21 heavy (non-hydrogen) atoms. The van der Waals surface area contributed by atoms with Crippen molar-refractivity contribution < 1.29 is 0 Å². The van der Waals surface area contributed by atoms with E-state index in [1.165, 1.54) is 110 Å². The molecule has 1 aliphatic rings. The molecule has 1 atom stereocenters. The molecule has 0 N–H and O–H groups in total. The predicted octanol–water partition coefficient (Wildman–Crippen LogP) is 6.42. The molecule has 1 nitrogen and oxygen atoms in total. The van der Waals surface area contributed by atoms with Crippen molar-refractivity contribution in [1.29, 1.82) is 0 Å². The van der Waals surface area contributed by atoms with Gasteiger partial charge >= 0.3 is 0 Å². The van der Waals surface area contributed by atoms with Crippen molar-refractivity contribution in [2.24, 2.45) is 5.92 Å². The summed E-state index contributed by atoms with van der Waals surface area (Å²) in [6.45, 7) is 8.76. The molecule has 0 radical (unpaired) electrons. The van der Waals surface area contributed by atoms with E-state index in [0.29, 0.717) is 0 Å². The van der Waals surface area contributed by atoms with Crippen LogP contribution in [0.1, 0.15) is 104 Å². The third-order valence-electron chi connectivity index (χ3n) is 5.23. The Balaban J connectivity index is 2.10. The third kappa shape index (κ3) is 10.3. The minimum atomic E-state index is 1.02. The lowest BCUT2D eigenvalue weighted by Crippen LogP contribution is -2.22. The quantitative estimate of drug-likeness (QED) is 0.334. The highest BCUT2D eigenvalue weighted by atomic mass is 15.1. The van der Waals surface area contributed by atoms with Crippen LogP contribution in [0.25, 0.3) is 0 Å². The van der Waals surface area contributed by atoms with Crippen molar-refractivity contribution in [3.8, 4) is 0 Å². The molecule has 0 bridgehead atoms. The lowest BCUT2D eigenvalue weighted by Gasteiger charge is -2.21. The maximum Gasteiger partial charge on any atom is -0.00161 e. The van der Waals surface area contributed by atoms with Gasteiger partial charge in [0, 0.05) is 0 Å². The molecule has 0 aliphatic carbocycles. The SMILES string of the molecule is CCCCCCCCC(CCCCC)CCN1CCCC1. The standard InChI is InChI=1S/C20H41N/c1-3-5-7-8-9-11-15-20(14-10-6-4-2)16-19-21-17-12-13-18-21/h20H,3-19H2,1-2H3. The number of rotatable bonds is 14. The van der Waals surface area contributed by atoms with Crippen LogP contribution in [0, 0.1) is 5.92 Å². The number of hydrogen-bond donors (Lipinski definition) is 0. The van der Waals surface area contributed by atoms with Crippen molar-refractivity contribution in [2.45, 2.75) is 104 Å². The molecule has 1 fully saturated rings. The van der Waals surface area contributed by atoms with E-state index in [9.17, 15) is 0 Å². The highest BCUT2D eigenvalue weighted by Gasteiger charge is 2.14. The summed E-state index contributed by atoms with van der Waals surface area (Å²) < 4.78 is 0. The van der Waals surface area contributed by atoms with Gasteiger partial charge in [-0.05, 0) is 44.8 Å². The van der Waals surface area contributed by atoms with E-state index in [1.54, 1.807) is 0 Å². The van der Waals surface area contributed by atoms with Crippen LogP contribution in [0.5, 0.6) is 0 Å². The maximum absolute atomic E-state index is 2.70. The summed E-state index contributed by atoms with van der Waals surface area (Å²) in [6.07, 6.45) is 20.4. The van der Waals surface area contributed by atoms with E-state index >= 15 is 0 Å². The molecular formula is C20H41N. The smallest absolute Gasteiger partial charge is 0.00161 e. The van der Waals surface area contributed by atoms with Gasteiger partial charge in [0.1, 0.15) is 0 Å². The van der Waals surface area contributed by atoms with Crippen molar-refractivity contribution >= 4 is 0 Å². The van der Waals surface area contributed by atoms with Crippen molar-refractivity contribution in [1.82, 2.24) is 4.90 Å². The number of likely N-dealkylation sites (tertiary alicyclic amines) is 1. The van der Waals surface area contributed by atoms with Crippen LogP contribution < -0.4 is 0 Å². The molecule has 1 unspecified atom stereocenters. The monoisotopic (exact) mass is 295 g/mol. The Bertz CT molecular complexity index is 208. The fourth-order valence-electron chi connectivity index (χ4n) is 3.70. The van der Waals surface area contributed by atoms with Gasteiger partial charge in [-0.25, -0.2) is 0 Å². The Labute approximate surface area is 134 Å². The largest absolute Gasteiger partial charge is 0.303 e. The zero-order valence-corrected chi connectivity index (χ0v) is 15.0. The van der Waals surface area contributed by atoms with Crippen LogP contribution in [0.4, 0.5) is 0 Å². The van der Waals surface area contributed by atoms with Gasteiger partial charge in [-0.3, -0.25) is 0 Å². The van der Waals surface area contributed by atoms with E-state index in [0.717, 1.165) is 5.92 Å². The Morgan fingerprint density at radius 3 is 1.86 bits per heavy atom. The average molecular weight is 296 g/mol. The highest BCUT2D eigenvalue weighted by molar-refractivity contribution is 4.69. The number of unbranched alkanes of at least 4 members (excludes halogenated alkanes) is 7. The lowest BCUT2D eigenvalue weighted by atomic mass is 9.91. The molecule has 0 aromatic rings. The first-order chi connectivity index (χ1) is 10.4. The fraction of sp³-hybridized carbons (Fsp3) is 1.00. The Morgan fingerprint density at radius 2 is 1.19 bits per heavy atom. The highest BCUT2D eigenvalue weighted by Crippen LogP contribution is 2.22. The molecule has 1 rings (SSSR count). The Morgan fingerprint density at radius 1 is 0.667 bits per heavy atom. The van der Waals surface area contributed by atoms with Crippen molar-refractivity contribution in [2.75, 3.05) is 19.6 Å². The van der Waals surface area contributed by atoms with E-state index in [2.05, 4.69) is 18.7 Å². The summed E-state index contributed by atoms with van der Waals surface area (Å²) in [7, 11) is 0. The Kier molecular flexibility index (Phi) is 12.3. The first-order valence-electron chi connectivity index (χ1n) is 10.1. The van der Waals surface area contributed by atoms with Crippen LogP contribution in [0.3, 0.4) is 0 Å². The average Bonchev–Trinajstić information content (AvgIpc) is 3.01. The fourth-order valence-corrected chi connectivity index (χ4v) is 3.70. The van der Waals surface area contributed by atoms with E-state index < -0.39 is 0 Å². The number of nitrogens with zero attached hydrogens (tertiary/aromatic N) is 1. The minimum absolute atomic E-state index is 1.02. The molecule has 0 aromatic heterocycles. The molecular weight excluding hydrogens is 254 g/mol. The molecule has 0 amide bonds. The second kappa shape index (κ2) is 13.6. The van der Waals surface area contributed by atoms with Crippen LogP contribution in [-0.2, 0) is 0 Å². The number of hydrogen-bond acceptors (Lipinski definition) is 1. The van der Waals surface area contributed by atoms with Gasteiger partial charge in [0.15, 0.2) is 0 Å². The molecule has 1 heteroatoms. The summed E-state index contributed by atoms with van der Waals surface area (Å²) in [6, 6.07) is 0. The second-order valence-corrected chi connectivity index (χ2v) is 7.26. The summed E-state index contributed by atoms with van der Waals surface area (Å²) in [5.41, 5.74) is 0. The van der Waals surface area contributed by atoms with Gasteiger partial charge in [0.2, 0.25) is 0 Å². The maximum atomic E-state index is 2.70. The minimum Gasteiger partial charge on any atom is -0.303 e. The van der Waals surface area contributed by atoms with Crippen molar-refractivity contribution in [3.63, 3.8) is 0 Å². The van der Waals surface area contributed by atoms with E-state index in [4.69, 9.17) is 0 Å². The van der Waals surface area contributed by atoms with Crippen molar-refractivity contribution in [3.05, 3.63) is 0 Å².